The van der Waals surface area contributed by atoms with Gasteiger partial charge < -0.3 is 14.4 Å². The molecular formula is C20H17B2F2N5O2. The van der Waals surface area contributed by atoms with Crippen LogP contribution in [0.3, 0.4) is 0 Å². The van der Waals surface area contributed by atoms with Crippen LogP contribution < -0.4 is 4.74 Å². The first-order valence-electron chi connectivity index (χ1n) is 9.81. The molecule has 1 aromatic carbocycles. The molecule has 0 amide bonds. The summed E-state index contributed by atoms with van der Waals surface area (Å²) in [4.78, 5) is 8.13. The number of nitrogens with zero attached hydrogens (tertiary/aromatic N) is 5. The highest BCUT2D eigenvalue weighted by atomic mass is 19.1. The fourth-order valence-electron chi connectivity index (χ4n) is 4.57. The fraction of sp³-hybridized carbons (Fsp3) is 0.400. The molecule has 3 aromatic rings. The van der Waals surface area contributed by atoms with E-state index in [9.17, 15) is 13.9 Å². The predicted molar refractivity (Wildman–Crippen MR) is 109 cm³/mol. The quantitative estimate of drug-likeness (QED) is 0.655. The first-order valence-corrected chi connectivity index (χ1v) is 9.81. The van der Waals surface area contributed by atoms with Gasteiger partial charge in [0.1, 0.15) is 18.0 Å². The molecule has 2 heterocycles. The molecular weight excluding hydrogens is 402 g/mol. The van der Waals surface area contributed by atoms with Crippen molar-refractivity contribution in [2.75, 3.05) is 0 Å². The van der Waals surface area contributed by atoms with Gasteiger partial charge >= 0.3 is 0 Å². The zero-order valence-corrected chi connectivity index (χ0v) is 16.4. The number of phenols is 1. The van der Waals surface area contributed by atoms with E-state index >= 15 is 0 Å². The summed E-state index contributed by atoms with van der Waals surface area (Å²) >= 11 is 0. The third-order valence-corrected chi connectivity index (χ3v) is 6.14. The van der Waals surface area contributed by atoms with Gasteiger partial charge in [0.2, 0.25) is 0 Å². The molecule has 0 saturated heterocycles. The Bertz CT molecular complexity index is 1100. The van der Waals surface area contributed by atoms with Crippen LogP contribution in [0.15, 0.2) is 43.1 Å². The second-order valence-corrected chi connectivity index (χ2v) is 8.37. The number of alkyl halides is 2. The van der Waals surface area contributed by atoms with E-state index in [2.05, 4.69) is 20.2 Å². The molecule has 0 unspecified atom stereocenters. The Morgan fingerprint density at radius 1 is 1.16 bits per heavy atom. The predicted octanol–water partition coefficient (Wildman–Crippen LogP) is 2.71. The number of fused-ring (bicyclic) bond motifs is 2. The minimum absolute atomic E-state index is 0.0196. The topological polar surface area (TPSA) is 86.0 Å². The molecule has 1 N–H and O–H groups in total. The lowest BCUT2D eigenvalue weighted by atomic mass is 9.52. The van der Waals surface area contributed by atoms with Crippen molar-refractivity contribution in [1.29, 1.82) is 0 Å². The number of aromatic hydroxyl groups is 1. The van der Waals surface area contributed by atoms with Crippen molar-refractivity contribution in [3.63, 3.8) is 0 Å². The summed E-state index contributed by atoms with van der Waals surface area (Å²) in [6.45, 7) is 0. The monoisotopic (exact) mass is 419 g/mol. The minimum atomic E-state index is -1.59. The maximum Gasteiger partial charge on any atom is 0.252 e. The molecule has 2 aromatic heterocycles. The molecule has 154 valence electrons. The number of halogens is 2. The lowest BCUT2D eigenvalue weighted by molar-refractivity contribution is 0.0301. The Kier molecular flexibility index (Phi) is 4.53. The Balaban J connectivity index is 1.34. The molecule has 5 rings (SSSR count). The van der Waals surface area contributed by atoms with Gasteiger partial charge in [0.05, 0.1) is 45.6 Å². The molecule has 2 bridgehead atoms. The van der Waals surface area contributed by atoms with Crippen LogP contribution in [0.4, 0.5) is 8.78 Å². The maximum absolute atomic E-state index is 14.9. The average Bonchev–Trinajstić information content (AvgIpc) is 3.33. The highest BCUT2D eigenvalue weighted by molar-refractivity contribution is 6.21. The second-order valence-electron chi connectivity index (χ2n) is 8.37. The lowest BCUT2D eigenvalue weighted by Crippen LogP contribution is -2.44. The van der Waals surface area contributed by atoms with E-state index in [1.807, 2.05) is 0 Å². The van der Waals surface area contributed by atoms with Crippen LogP contribution >= 0.6 is 0 Å². The summed E-state index contributed by atoms with van der Waals surface area (Å²) in [5.41, 5.74) is 1.08. The number of benzene rings is 1. The number of aromatic nitrogens is 5. The Labute approximate surface area is 179 Å². The van der Waals surface area contributed by atoms with Gasteiger partial charge in [0.25, 0.3) is 5.88 Å². The number of ether oxygens (including phenoxy) is 1. The average molecular weight is 419 g/mol. The Hall–Kier alpha value is -2.97. The van der Waals surface area contributed by atoms with Crippen LogP contribution in [-0.4, -0.2) is 64.0 Å². The van der Waals surface area contributed by atoms with Crippen LogP contribution in [0.2, 0.25) is 10.6 Å². The van der Waals surface area contributed by atoms with Crippen LogP contribution in [0, 0.1) is 0 Å². The van der Waals surface area contributed by atoms with Crippen molar-refractivity contribution in [1.82, 2.24) is 24.7 Å². The van der Waals surface area contributed by atoms with Gasteiger partial charge in [-0.05, 0) is 35.6 Å². The van der Waals surface area contributed by atoms with Crippen LogP contribution in [0.25, 0.3) is 17.1 Å². The summed E-state index contributed by atoms with van der Waals surface area (Å²) in [6.07, 6.45) is 2.14. The van der Waals surface area contributed by atoms with Gasteiger partial charge in [-0.3, -0.25) is 0 Å². The van der Waals surface area contributed by atoms with Gasteiger partial charge in [0, 0.05) is 18.5 Å². The number of phenolic OH excluding ortho intramolecular Hbond substituents is 1. The van der Waals surface area contributed by atoms with E-state index in [-0.39, 0.29) is 36.7 Å². The smallest absolute Gasteiger partial charge is 0.252 e. The molecule has 2 saturated carbocycles. The summed E-state index contributed by atoms with van der Waals surface area (Å²) in [5, 5.41) is 15.7. The number of hydrogen-bond acceptors (Lipinski definition) is 6. The first kappa shape index (κ1) is 20.0. The molecule has 4 radical (unpaired) electrons. The third kappa shape index (κ3) is 3.36. The molecule has 11 heteroatoms. The first-order chi connectivity index (χ1) is 14.8. The number of imidazole rings is 1. The summed E-state index contributed by atoms with van der Waals surface area (Å²) < 4.78 is 36.6. The van der Waals surface area contributed by atoms with E-state index in [0.717, 1.165) is 0 Å². The van der Waals surface area contributed by atoms with E-state index in [4.69, 9.17) is 20.4 Å². The zero-order valence-electron chi connectivity index (χ0n) is 16.4. The fourth-order valence-corrected chi connectivity index (χ4v) is 4.57. The lowest BCUT2D eigenvalue weighted by Gasteiger charge is -2.43. The molecule has 0 aliphatic heterocycles. The molecule has 0 spiro atoms. The molecule has 2 aliphatic carbocycles. The van der Waals surface area contributed by atoms with Crippen LogP contribution in [-0.2, 0) is 0 Å². The largest absolute Gasteiger partial charge is 0.507 e. The molecule has 31 heavy (non-hydrogen) atoms. The van der Waals surface area contributed by atoms with Crippen molar-refractivity contribution in [3.8, 4) is 28.7 Å². The third-order valence-electron chi connectivity index (χ3n) is 6.14. The van der Waals surface area contributed by atoms with Crippen molar-refractivity contribution < 1.29 is 18.6 Å². The molecule has 5 atom stereocenters. The molecule has 7 nitrogen and oxygen atoms in total. The van der Waals surface area contributed by atoms with Gasteiger partial charge in [-0.15, -0.1) is 10.2 Å². The van der Waals surface area contributed by atoms with Crippen molar-refractivity contribution in [2.45, 2.75) is 48.3 Å². The summed E-state index contributed by atoms with van der Waals surface area (Å²) in [5.74, 6) is 0.0882. The van der Waals surface area contributed by atoms with Gasteiger partial charge in [-0.25, -0.2) is 18.7 Å². The summed E-state index contributed by atoms with van der Waals surface area (Å²) in [6, 6.07) is 4.96. The molecule has 2 aliphatic rings. The molecule has 2 fully saturated rings. The Morgan fingerprint density at radius 2 is 2.00 bits per heavy atom. The highest BCUT2D eigenvalue weighted by Crippen LogP contribution is 2.65. The van der Waals surface area contributed by atoms with Crippen LogP contribution in [0.5, 0.6) is 11.6 Å². The van der Waals surface area contributed by atoms with E-state index in [1.54, 1.807) is 41.5 Å². The van der Waals surface area contributed by atoms with Gasteiger partial charge in [0.15, 0.2) is 5.82 Å². The highest BCUT2D eigenvalue weighted by Gasteiger charge is 2.60. The minimum Gasteiger partial charge on any atom is -0.507 e. The summed E-state index contributed by atoms with van der Waals surface area (Å²) in [7, 11) is 12.2. The Morgan fingerprint density at radius 3 is 2.68 bits per heavy atom. The van der Waals surface area contributed by atoms with E-state index < -0.39 is 29.1 Å². The number of rotatable bonds is 4. The van der Waals surface area contributed by atoms with Gasteiger partial charge in [-0.1, -0.05) is 6.42 Å². The normalized spacial score (nSPS) is 32.1. The van der Waals surface area contributed by atoms with Crippen molar-refractivity contribution >= 4 is 15.7 Å². The van der Waals surface area contributed by atoms with Crippen LogP contribution in [0.1, 0.15) is 19.3 Å². The van der Waals surface area contributed by atoms with Crippen molar-refractivity contribution in [3.05, 3.63) is 43.1 Å². The van der Waals surface area contributed by atoms with E-state index in [1.165, 1.54) is 6.20 Å². The second kappa shape index (κ2) is 7.03. The zero-order chi connectivity index (χ0) is 21.8. The van der Waals surface area contributed by atoms with E-state index in [0.29, 0.717) is 11.3 Å². The standard InChI is InChI=1S/C20H17B2F2N5O2/c21-19-6-14(17(24)20(22,9-19)7-15(19)23)31-16-8-26-18(28-27-16)12-2-1-11(5-13(12)30)29-4-3-25-10-29/h1-5,8,10,14-15,17,30H,6-7,9H2/t14-,15-,17+,19+,20+/m1/s1. The maximum atomic E-state index is 14.9. The van der Waals surface area contributed by atoms with Crippen molar-refractivity contribution in [2.24, 2.45) is 0 Å². The number of hydrogen-bond donors (Lipinski definition) is 1. The van der Waals surface area contributed by atoms with Gasteiger partial charge in [-0.2, -0.15) is 0 Å². The SMILES string of the molecule is [B][C@]12C[C@@H](Oc3cnc(-c4ccc(-n5ccnc5)cc4O)nn3)[C@H](F)[C@]([B])(C[C@H]1F)C2.